The number of fused-ring (bicyclic) bond motifs is 1. The van der Waals surface area contributed by atoms with Gasteiger partial charge < -0.3 is 24.8 Å². The summed E-state index contributed by atoms with van der Waals surface area (Å²) in [5.41, 5.74) is 2.90. The lowest BCUT2D eigenvalue weighted by molar-refractivity contribution is 0.0941. The predicted molar refractivity (Wildman–Crippen MR) is 104 cm³/mol. The lowest BCUT2D eigenvalue weighted by Crippen LogP contribution is -2.27. The number of nitrogens with one attached hydrogen (secondary N) is 3. The van der Waals surface area contributed by atoms with Crippen LogP contribution >= 0.6 is 12.2 Å². The minimum absolute atomic E-state index is 0.183. The topological polar surface area (TPSA) is 79.1 Å². The van der Waals surface area contributed by atoms with E-state index < -0.39 is 11.7 Å². The summed E-state index contributed by atoms with van der Waals surface area (Å²) >= 11 is 5.04. The number of ether oxygens (including phenoxy) is 2. The zero-order valence-corrected chi connectivity index (χ0v) is 16.2. The molecule has 8 heteroatoms. The number of benzene rings is 2. The van der Waals surface area contributed by atoms with E-state index in [1.807, 2.05) is 26.0 Å². The van der Waals surface area contributed by atoms with E-state index in [1.54, 1.807) is 14.2 Å². The third-order valence-electron chi connectivity index (χ3n) is 4.42. The number of H-pyrrole nitrogens is 2. The number of aryl methyl sites for hydroxylation is 1. The predicted octanol–water partition coefficient (Wildman–Crippen LogP) is 4.18. The maximum absolute atomic E-state index is 13.9. The highest BCUT2D eigenvalue weighted by Crippen LogP contribution is 2.33. The van der Waals surface area contributed by atoms with Crippen molar-refractivity contribution < 1.29 is 18.7 Å². The van der Waals surface area contributed by atoms with E-state index in [0.29, 0.717) is 27.3 Å². The van der Waals surface area contributed by atoms with Crippen LogP contribution in [0, 0.1) is 17.5 Å². The lowest BCUT2D eigenvalue weighted by atomic mass is 10.0. The Kier molecular flexibility index (Phi) is 5.18. The molecule has 1 heterocycles. The van der Waals surface area contributed by atoms with Crippen LogP contribution in [0.5, 0.6) is 11.5 Å². The van der Waals surface area contributed by atoms with Crippen molar-refractivity contribution in [1.82, 2.24) is 15.3 Å². The largest absolute Gasteiger partial charge is 0.493 e. The first-order chi connectivity index (χ1) is 12.8. The number of imidazole rings is 1. The van der Waals surface area contributed by atoms with Gasteiger partial charge in [0.25, 0.3) is 5.91 Å². The van der Waals surface area contributed by atoms with Crippen molar-refractivity contribution in [3.05, 3.63) is 51.5 Å². The zero-order valence-electron chi connectivity index (χ0n) is 15.4. The van der Waals surface area contributed by atoms with Crippen LogP contribution < -0.4 is 14.8 Å². The van der Waals surface area contributed by atoms with E-state index in [-0.39, 0.29) is 11.6 Å². The van der Waals surface area contributed by atoms with Crippen LogP contribution in [0.2, 0.25) is 0 Å². The minimum Gasteiger partial charge on any atom is -0.493 e. The molecule has 3 rings (SSSR count). The number of carbonyl (C=O) groups is 1. The molecule has 1 aromatic heterocycles. The van der Waals surface area contributed by atoms with Crippen molar-refractivity contribution in [1.29, 1.82) is 0 Å². The van der Waals surface area contributed by atoms with Crippen molar-refractivity contribution >= 4 is 29.2 Å². The Hall–Kier alpha value is -2.87. The molecule has 0 aliphatic carbocycles. The average molecular weight is 389 g/mol. The average Bonchev–Trinajstić information content (AvgIpc) is 3.00. The van der Waals surface area contributed by atoms with Gasteiger partial charge in [-0.05, 0) is 61.5 Å². The number of methoxy groups -OCH3 is 2. The van der Waals surface area contributed by atoms with E-state index >= 15 is 0 Å². The molecule has 0 radical (unpaired) electrons. The Morgan fingerprint density at radius 1 is 1.15 bits per heavy atom. The number of halogens is 1. The third-order valence-corrected chi connectivity index (χ3v) is 4.62. The lowest BCUT2D eigenvalue weighted by Gasteiger charge is -2.19. The molecule has 0 spiro atoms. The van der Waals surface area contributed by atoms with Gasteiger partial charge in [-0.15, -0.1) is 0 Å². The van der Waals surface area contributed by atoms with Crippen LogP contribution in [0.15, 0.2) is 24.3 Å². The third kappa shape index (κ3) is 3.66. The molecule has 27 heavy (non-hydrogen) atoms. The van der Waals surface area contributed by atoms with Crippen LogP contribution in [0.25, 0.3) is 11.0 Å². The summed E-state index contributed by atoms with van der Waals surface area (Å²) < 4.78 is 24.9. The van der Waals surface area contributed by atoms with Crippen LogP contribution in [0.3, 0.4) is 0 Å². The normalized spacial score (nSPS) is 12.0. The summed E-state index contributed by atoms with van der Waals surface area (Å²) in [5.74, 6) is 0.255. The fourth-order valence-electron chi connectivity index (χ4n) is 3.10. The summed E-state index contributed by atoms with van der Waals surface area (Å²) in [7, 11) is 3.12. The van der Waals surface area contributed by atoms with Gasteiger partial charge in [-0.1, -0.05) is 0 Å². The molecule has 1 amide bonds. The molecule has 0 aliphatic rings. The first-order valence-corrected chi connectivity index (χ1v) is 8.69. The Balaban J connectivity index is 1.94. The second-order valence-corrected chi connectivity index (χ2v) is 6.62. The first kappa shape index (κ1) is 18.9. The number of aromatic amines is 2. The van der Waals surface area contributed by atoms with Gasteiger partial charge in [0, 0.05) is 0 Å². The molecule has 142 valence electrons. The van der Waals surface area contributed by atoms with Crippen LogP contribution in [0.4, 0.5) is 4.39 Å². The molecule has 3 N–H and O–H groups in total. The maximum atomic E-state index is 13.9. The van der Waals surface area contributed by atoms with Gasteiger partial charge in [-0.3, -0.25) is 4.79 Å². The van der Waals surface area contributed by atoms with Gasteiger partial charge in [0.15, 0.2) is 16.3 Å². The van der Waals surface area contributed by atoms with Crippen LogP contribution in [0.1, 0.15) is 34.5 Å². The highest BCUT2D eigenvalue weighted by molar-refractivity contribution is 7.71. The van der Waals surface area contributed by atoms with Crippen LogP contribution in [-0.2, 0) is 0 Å². The molecule has 6 nitrogen and oxygen atoms in total. The number of aromatic nitrogens is 2. The molecule has 2 aromatic carbocycles. The number of hydrogen-bond donors (Lipinski definition) is 3. The first-order valence-electron chi connectivity index (χ1n) is 8.29. The SMILES string of the molecule is COc1cc(C)c(C(C)NC(=O)c2cc(F)cc3[nH]c(=S)[nH]c23)cc1OC. The molecule has 0 saturated heterocycles. The molecule has 0 bridgehead atoms. The van der Waals surface area contributed by atoms with Gasteiger partial charge in [0.2, 0.25) is 0 Å². The summed E-state index contributed by atoms with van der Waals surface area (Å²) in [5, 5.41) is 2.90. The molecular formula is C19H20FN3O3S. The van der Waals surface area contributed by atoms with E-state index in [9.17, 15) is 9.18 Å². The van der Waals surface area contributed by atoms with Gasteiger partial charge in [0.05, 0.1) is 36.9 Å². The Morgan fingerprint density at radius 3 is 2.48 bits per heavy atom. The van der Waals surface area contributed by atoms with Gasteiger partial charge >= 0.3 is 0 Å². The molecular weight excluding hydrogens is 369 g/mol. The van der Waals surface area contributed by atoms with Gasteiger partial charge in [0.1, 0.15) is 5.82 Å². The molecule has 0 saturated carbocycles. The second-order valence-electron chi connectivity index (χ2n) is 6.21. The monoisotopic (exact) mass is 389 g/mol. The number of rotatable bonds is 5. The van der Waals surface area contributed by atoms with Crippen LogP contribution in [-0.4, -0.2) is 30.1 Å². The smallest absolute Gasteiger partial charge is 0.254 e. The summed E-state index contributed by atoms with van der Waals surface area (Å²) in [4.78, 5) is 18.5. The van der Waals surface area contributed by atoms with Gasteiger partial charge in [-0.25, -0.2) is 4.39 Å². The van der Waals surface area contributed by atoms with Crippen molar-refractivity contribution in [2.24, 2.45) is 0 Å². The highest BCUT2D eigenvalue weighted by atomic mass is 32.1. The molecule has 0 fully saturated rings. The fourth-order valence-corrected chi connectivity index (χ4v) is 3.31. The van der Waals surface area contributed by atoms with Gasteiger partial charge in [-0.2, -0.15) is 0 Å². The fraction of sp³-hybridized carbons (Fsp3) is 0.263. The zero-order chi connectivity index (χ0) is 19.7. The van der Waals surface area contributed by atoms with Crippen molar-refractivity contribution in [3.63, 3.8) is 0 Å². The molecule has 1 unspecified atom stereocenters. The summed E-state index contributed by atoms with van der Waals surface area (Å²) in [6.45, 7) is 3.77. The van der Waals surface area contributed by atoms with E-state index in [1.165, 1.54) is 12.1 Å². The number of carbonyl (C=O) groups excluding carboxylic acids is 1. The number of hydrogen-bond acceptors (Lipinski definition) is 4. The maximum Gasteiger partial charge on any atom is 0.254 e. The standard InChI is InChI=1S/C19H20FN3O3S/c1-9-5-15(25-3)16(26-4)8-12(9)10(2)21-18(24)13-6-11(20)7-14-17(13)23-19(27)22-14/h5-8,10H,1-4H3,(H,21,24)(H2,22,23,27). The molecule has 3 aromatic rings. The quantitative estimate of drug-likeness (QED) is 0.572. The molecule has 0 aliphatic heterocycles. The highest BCUT2D eigenvalue weighted by Gasteiger charge is 2.19. The Morgan fingerprint density at radius 2 is 1.81 bits per heavy atom. The van der Waals surface area contributed by atoms with Crippen molar-refractivity contribution in [3.8, 4) is 11.5 Å². The van der Waals surface area contributed by atoms with Crippen molar-refractivity contribution in [2.75, 3.05) is 14.2 Å². The minimum atomic E-state index is -0.521. The number of amides is 1. The summed E-state index contributed by atoms with van der Waals surface area (Å²) in [6.07, 6.45) is 0. The van der Waals surface area contributed by atoms with E-state index in [4.69, 9.17) is 21.7 Å². The van der Waals surface area contributed by atoms with E-state index in [2.05, 4.69) is 15.3 Å². The second kappa shape index (κ2) is 7.40. The Labute approximate surface area is 160 Å². The summed E-state index contributed by atoms with van der Waals surface area (Å²) in [6, 6.07) is 5.81. The molecule has 1 atom stereocenters. The van der Waals surface area contributed by atoms with Crippen molar-refractivity contribution in [2.45, 2.75) is 19.9 Å². The van der Waals surface area contributed by atoms with E-state index in [0.717, 1.165) is 11.1 Å². The Bertz CT molecular complexity index is 1070.